The van der Waals surface area contributed by atoms with Crippen LogP contribution < -0.4 is 21.7 Å². The average molecular weight is 723 g/mol. The van der Waals surface area contributed by atoms with Gasteiger partial charge in [0.05, 0.1) is 18.2 Å². The Labute approximate surface area is 312 Å². The SMILES string of the molecule is CCC=CCC=CCC=CCC=CCC=CCC=CCCC(=O)NCCCC[C@H](NC(=O)C1=C[C@@H](OC(CC)CC)[C@H](NC(C)=O)[C@@H](N)C1)C(=O)O. The first-order valence-corrected chi connectivity index (χ1v) is 19.2. The van der Waals surface area contributed by atoms with Gasteiger partial charge in [-0.05, 0) is 89.5 Å². The lowest BCUT2D eigenvalue weighted by Gasteiger charge is -2.37. The van der Waals surface area contributed by atoms with Crippen molar-refractivity contribution in [1.29, 1.82) is 0 Å². The highest BCUT2D eigenvalue weighted by molar-refractivity contribution is 5.96. The summed E-state index contributed by atoms with van der Waals surface area (Å²) in [4.78, 5) is 49.1. The lowest BCUT2D eigenvalue weighted by molar-refractivity contribution is -0.141. The molecule has 1 aliphatic carbocycles. The predicted octanol–water partition coefficient (Wildman–Crippen LogP) is 7.06. The van der Waals surface area contributed by atoms with Crippen molar-refractivity contribution in [1.82, 2.24) is 16.0 Å². The Bertz CT molecular complexity index is 1260. The fraction of sp³-hybridized carbons (Fsp3) is 0.571. The number of ether oxygens (including phenoxy) is 1. The molecule has 0 saturated carbocycles. The van der Waals surface area contributed by atoms with Crippen LogP contribution in [0.25, 0.3) is 0 Å². The van der Waals surface area contributed by atoms with Gasteiger partial charge in [0.15, 0.2) is 0 Å². The molecular formula is C42H66N4O6. The second-order valence-electron chi connectivity index (χ2n) is 13.0. The Kier molecular flexibility index (Phi) is 26.1. The van der Waals surface area contributed by atoms with Gasteiger partial charge in [-0.1, -0.05) is 93.7 Å². The summed E-state index contributed by atoms with van der Waals surface area (Å²) >= 11 is 0. The molecule has 0 aliphatic heterocycles. The molecule has 0 aromatic heterocycles. The zero-order valence-corrected chi connectivity index (χ0v) is 32.1. The number of hydrogen-bond acceptors (Lipinski definition) is 6. The van der Waals surface area contributed by atoms with E-state index in [4.69, 9.17) is 10.5 Å². The molecule has 0 spiro atoms. The lowest BCUT2D eigenvalue weighted by Crippen LogP contribution is -2.57. The third-order valence-corrected chi connectivity index (χ3v) is 8.54. The van der Waals surface area contributed by atoms with Crippen LogP contribution in [0.15, 0.2) is 84.6 Å². The first-order valence-electron chi connectivity index (χ1n) is 19.2. The number of allylic oxidation sites excluding steroid dienone is 12. The second-order valence-corrected chi connectivity index (χ2v) is 13.0. The zero-order chi connectivity index (χ0) is 38.4. The Morgan fingerprint density at radius 2 is 1.38 bits per heavy atom. The summed E-state index contributed by atoms with van der Waals surface area (Å²) in [7, 11) is 0. The Morgan fingerprint density at radius 3 is 1.88 bits per heavy atom. The Morgan fingerprint density at radius 1 is 0.846 bits per heavy atom. The van der Waals surface area contributed by atoms with Crippen molar-refractivity contribution in [2.75, 3.05) is 6.54 Å². The molecule has 0 saturated heterocycles. The standard InChI is InChI=1S/C42H66N4O6/c1-5-8-9-10-11-12-13-14-15-16-17-18-19-20-21-22-23-24-25-29-39(48)44-30-27-26-28-37(42(50)51)46-41(49)34-31-36(43)40(45-33(4)47)38(32-34)52-35(6-2)7-3/h8-9,11-12,14-15,17-18,20-21,23-24,32,35-38,40H,5-7,10,13,16,19,22,25-31,43H2,1-4H3,(H,44,48)(H,45,47)(H,46,49)(H,50,51)/t36-,37-,38+,40+/m0/s1. The van der Waals surface area contributed by atoms with Gasteiger partial charge in [0.1, 0.15) is 6.04 Å². The zero-order valence-electron chi connectivity index (χ0n) is 32.1. The van der Waals surface area contributed by atoms with Crippen molar-refractivity contribution < 1.29 is 29.0 Å². The van der Waals surface area contributed by atoms with Gasteiger partial charge in [-0.15, -0.1) is 0 Å². The monoisotopic (exact) mass is 722 g/mol. The molecule has 4 atom stereocenters. The largest absolute Gasteiger partial charge is 0.480 e. The minimum Gasteiger partial charge on any atom is -0.480 e. The summed E-state index contributed by atoms with van der Waals surface area (Å²) in [5, 5.41) is 18.1. The van der Waals surface area contributed by atoms with Crippen LogP contribution in [0.5, 0.6) is 0 Å². The average Bonchev–Trinajstić information content (AvgIpc) is 3.11. The molecule has 10 heteroatoms. The maximum Gasteiger partial charge on any atom is 0.326 e. The normalized spacial score (nSPS) is 18.7. The van der Waals surface area contributed by atoms with Crippen LogP contribution in [0.3, 0.4) is 0 Å². The van der Waals surface area contributed by atoms with E-state index in [2.05, 4.69) is 89.7 Å². The molecular weight excluding hydrogens is 656 g/mol. The maximum atomic E-state index is 13.1. The minimum atomic E-state index is -1.13. The number of amides is 3. The number of unbranched alkanes of at least 4 members (excludes halogenated alkanes) is 1. The number of nitrogens with one attached hydrogen (secondary N) is 3. The van der Waals surface area contributed by atoms with E-state index in [-0.39, 0.29) is 30.8 Å². The third kappa shape index (κ3) is 22.0. The van der Waals surface area contributed by atoms with Gasteiger partial charge in [0, 0.05) is 31.5 Å². The molecule has 6 N–H and O–H groups in total. The van der Waals surface area contributed by atoms with E-state index in [1.807, 2.05) is 19.9 Å². The van der Waals surface area contributed by atoms with Gasteiger partial charge in [-0.3, -0.25) is 14.4 Å². The van der Waals surface area contributed by atoms with Gasteiger partial charge >= 0.3 is 5.97 Å². The summed E-state index contributed by atoms with van der Waals surface area (Å²) < 4.78 is 6.19. The highest BCUT2D eigenvalue weighted by Crippen LogP contribution is 2.24. The summed E-state index contributed by atoms with van der Waals surface area (Å²) in [5.74, 6) is -1.93. The summed E-state index contributed by atoms with van der Waals surface area (Å²) in [5.41, 5.74) is 6.70. The molecule has 0 aromatic rings. The van der Waals surface area contributed by atoms with E-state index in [1.54, 1.807) is 6.08 Å². The smallest absolute Gasteiger partial charge is 0.326 e. The molecule has 52 heavy (non-hydrogen) atoms. The number of carbonyl (C=O) groups excluding carboxylic acids is 3. The molecule has 10 nitrogen and oxygen atoms in total. The van der Waals surface area contributed by atoms with Crippen LogP contribution in [-0.2, 0) is 23.9 Å². The number of aliphatic carboxylic acids is 1. The number of rotatable bonds is 27. The minimum absolute atomic E-state index is 0.0501. The number of carboxylic acids is 1. The van der Waals surface area contributed by atoms with Crippen LogP contribution >= 0.6 is 0 Å². The van der Waals surface area contributed by atoms with Crippen molar-refractivity contribution in [2.45, 2.75) is 148 Å². The molecule has 0 unspecified atom stereocenters. The number of carbonyl (C=O) groups is 4. The molecule has 0 fully saturated rings. The van der Waals surface area contributed by atoms with E-state index in [1.165, 1.54) is 6.92 Å². The quantitative estimate of drug-likeness (QED) is 0.0449. The van der Waals surface area contributed by atoms with Gasteiger partial charge < -0.3 is 31.5 Å². The van der Waals surface area contributed by atoms with Crippen molar-refractivity contribution in [3.63, 3.8) is 0 Å². The second kappa shape index (κ2) is 29.5. The van der Waals surface area contributed by atoms with E-state index in [0.29, 0.717) is 37.8 Å². The highest BCUT2D eigenvalue weighted by atomic mass is 16.5. The summed E-state index contributed by atoms with van der Waals surface area (Å²) in [6.45, 7) is 7.98. The molecule has 290 valence electrons. The number of carboxylic acid groups (broad SMARTS) is 1. The summed E-state index contributed by atoms with van der Waals surface area (Å²) in [6.07, 6.45) is 36.5. The van der Waals surface area contributed by atoms with Crippen LogP contribution in [0, 0.1) is 0 Å². The Balaban J connectivity index is 2.32. The highest BCUT2D eigenvalue weighted by Gasteiger charge is 2.36. The number of nitrogens with two attached hydrogens (primary N) is 1. The topological polar surface area (TPSA) is 160 Å². The first kappa shape index (κ1) is 46.0. The van der Waals surface area contributed by atoms with Gasteiger partial charge in [0.25, 0.3) is 0 Å². The Hall–Kier alpha value is -4.02. The van der Waals surface area contributed by atoms with Crippen molar-refractivity contribution >= 4 is 23.7 Å². The molecule has 0 aromatic carbocycles. The van der Waals surface area contributed by atoms with E-state index >= 15 is 0 Å². The molecule has 1 aliphatic rings. The maximum absolute atomic E-state index is 13.1. The predicted molar refractivity (Wildman–Crippen MR) is 211 cm³/mol. The summed E-state index contributed by atoms with van der Waals surface area (Å²) in [6, 6.07) is -2.15. The fourth-order valence-electron chi connectivity index (χ4n) is 5.57. The van der Waals surface area contributed by atoms with Crippen LogP contribution in [0.2, 0.25) is 0 Å². The number of hydrogen-bond donors (Lipinski definition) is 5. The van der Waals surface area contributed by atoms with Gasteiger partial charge in [-0.25, -0.2) is 4.79 Å². The van der Waals surface area contributed by atoms with Crippen molar-refractivity contribution in [3.05, 3.63) is 84.6 Å². The van der Waals surface area contributed by atoms with Crippen LogP contribution in [0.4, 0.5) is 0 Å². The fourth-order valence-corrected chi connectivity index (χ4v) is 5.57. The van der Waals surface area contributed by atoms with Gasteiger partial charge in [-0.2, -0.15) is 0 Å². The van der Waals surface area contributed by atoms with Crippen molar-refractivity contribution in [2.24, 2.45) is 5.73 Å². The molecule has 0 heterocycles. The van der Waals surface area contributed by atoms with Crippen LogP contribution in [0.1, 0.15) is 118 Å². The lowest BCUT2D eigenvalue weighted by atomic mass is 9.87. The molecule has 0 radical (unpaired) electrons. The van der Waals surface area contributed by atoms with E-state index in [0.717, 1.165) is 51.4 Å². The van der Waals surface area contributed by atoms with E-state index < -0.39 is 36.1 Å². The molecule has 3 amide bonds. The van der Waals surface area contributed by atoms with E-state index in [9.17, 15) is 24.3 Å². The molecule has 1 rings (SSSR count). The van der Waals surface area contributed by atoms with Crippen molar-refractivity contribution in [3.8, 4) is 0 Å². The van der Waals surface area contributed by atoms with Gasteiger partial charge in [0.2, 0.25) is 17.7 Å². The molecule has 0 bridgehead atoms. The van der Waals surface area contributed by atoms with Crippen LogP contribution in [-0.4, -0.2) is 65.7 Å². The first-order chi connectivity index (χ1) is 25.1. The third-order valence-electron chi connectivity index (χ3n) is 8.54.